The summed E-state index contributed by atoms with van der Waals surface area (Å²) in [5, 5.41) is 11.3. The largest absolute Gasteiger partial charge is 0.486 e. The van der Waals surface area contributed by atoms with E-state index in [2.05, 4.69) is 27.2 Å². The smallest absolute Gasteiger partial charge is 0.306 e. The second kappa shape index (κ2) is 10.3. The third-order valence-electron chi connectivity index (χ3n) is 4.37. The second-order valence-electron chi connectivity index (χ2n) is 6.64. The summed E-state index contributed by atoms with van der Waals surface area (Å²) in [6.45, 7) is 3.61. The molecule has 0 unspecified atom stereocenters. The van der Waals surface area contributed by atoms with Crippen LogP contribution in [-0.4, -0.2) is 54.4 Å². The van der Waals surface area contributed by atoms with Crippen molar-refractivity contribution in [3.8, 4) is 11.5 Å². The highest BCUT2D eigenvalue weighted by Crippen LogP contribution is 2.32. The fraction of sp³-hybridized carbons (Fsp3) is 0.556. The van der Waals surface area contributed by atoms with E-state index in [0.29, 0.717) is 43.5 Å². The first-order chi connectivity index (χ1) is 14.5. The Labute approximate surface area is 174 Å². The van der Waals surface area contributed by atoms with Crippen LogP contribution in [0.15, 0.2) is 23.1 Å². The lowest BCUT2D eigenvalue weighted by molar-refractivity contribution is -0.145. The summed E-state index contributed by atoms with van der Waals surface area (Å²) < 4.78 is 44.9. The van der Waals surface area contributed by atoms with Crippen LogP contribution >= 0.6 is 0 Å². The molecular weight excluding hydrogens is 414 g/mol. The highest BCUT2D eigenvalue weighted by molar-refractivity contribution is 7.89. The van der Waals surface area contributed by atoms with Crippen LogP contribution in [0.3, 0.4) is 0 Å². The van der Waals surface area contributed by atoms with Crippen LogP contribution in [0.5, 0.6) is 11.5 Å². The van der Waals surface area contributed by atoms with Gasteiger partial charge in [-0.25, -0.2) is 17.8 Å². The van der Waals surface area contributed by atoms with Gasteiger partial charge in [0.05, 0.1) is 4.90 Å². The van der Waals surface area contributed by atoms with Gasteiger partial charge in [-0.2, -0.15) is 0 Å². The van der Waals surface area contributed by atoms with Gasteiger partial charge in [0.1, 0.15) is 13.2 Å². The number of ether oxygens (including phenoxy) is 3. The quantitative estimate of drug-likeness (QED) is 0.402. The number of sulfonamides is 1. The number of esters is 1. The molecule has 0 aliphatic carbocycles. The van der Waals surface area contributed by atoms with Crippen molar-refractivity contribution in [1.29, 1.82) is 0 Å². The van der Waals surface area contributed by atoms with E-state index in [1.54, 1.807) is 10.7 Å². The van der Waals surface area contributed by atoms with Crippen LogP contribution in [0.4, 0.5) is 0 Å². The van der Waals surface area contributed by atoms with Gasteiger partial charge in [-0.05, 0) is 35.4 Å². The Morgan fingerprint density at radius 2 is 2.03 bits per heavy atom. The predicted octanol–water partition coefficient (Wildman–Crippen LogP) is 1.05. The number of rotatable bonds is 11. The van der Waals surface area contributed by atoms with Crippen molar-refractivity contribution >= 4 is 16.0 Å². The van der Waals surface area contributed by atoms with E-state index in [1.807, 2.05) is 0 Å². The maximum Gasteiger partial charge on any atom is 0.306 e. The predicted molar refractivity (Wildman–Crippen MR) is 104 cm³/mol. The Balaban J connectivity index is 1.41. The molecule has 2 heterocycles. The molecule has 3 rings (SSSR count). The second-order valence-corrected chi connectivity index (χ2v) is 8.41. The number of hydrogen-bond acceptors (Lipinski definition) is 9. The van der Waals surface area contributed by atoms with Crippen LogP contribution in [-0.2, 0) is 32.7 Å². The SMILES string of the molecule is CCCCn1nnnc1COC(=O)CCCNS(=O)(=O)c1ccc2c(c1)OCCO2. The van der Waals surface area contributed by atoms with E-state index in [1.165, 1.54) is 12.1 Å². The fourth-order valence-corrected chi connectivity index (χ4v) is 3.83. The lowest BCUT2D eigenvalue weighted by Crippen LogP contribution is -2.25. The van der Waals surface area contributed by atoms with Crippen LogP contribution in [0.1, 0.15) is 38.4 Å². The number of tetrazole rings is 1. The molecule has 2 aromatic rings. The number of aromatic nitrogens is 4. The molecule has 11 nitrogen and oxygen atoms in total. The third kappa shape index (κ3) is 5.89. The maximum atomic E-state index is 12.4. The zero-order valence-electron chi connectivity index (χ0n) is 16.7. The van der Waals surface area contributed by atoms with Crippen molar-refractivity contribution < 1.29 is 27.4 Å². The Kier molecular flexibility index (Phi) is 7.57. The number of benzene rings is 1. The van der Waals surface area contributed by atoms with Gasteiger partial charge in [0.15, 0.2) is 23.9 Å². The Morgan fingerprint density at radius 1 is 1.23 bits per heavy atom. The third-order valence-corrected chi connectivity index (χ3v) is 5.82. The van der Waals surface area contributed by atoms with Crippen LogP contribution in [0.25, 0.3) is 0 Å². The molecule has 1 aromatic heterocycles. The summed E-state index contributed by atoms with van der Waals surface area (Å²) in [6, 6.07) is 4.44. The van der Waals surface area contributed by atoms with Crippen LogP contribution < -0.4 is 14.2 Å². The van der Waals surface area contributed by atoms with Gasteiger partial charge in [-0.15, -0.1) is 5.10 Å². The van der Waals surface area contributed by atoms with Gasteiger partial charge in [-0.1, -0.05) is 13.3 Å². The van der Waals surface area contributed by atoms with Crippen LogP contribution in [0.2, 0.25) is 0 Å². The summed E-state index contributed by atoms with van der Waals surface area (Å²) in [5.41, 5.74) is 0. The first kappa shape index (κ1) is 22.0. The van der Waals surface area contributed by atoms with E-state index in [-0.39, 0.29) is 24.5 Å². The zero-order valence-corrected chi connectivity index (χ0v) is 17.6. The minimum Gasteiger partial charge on any atom is -0.486 e. The molecule has 12 heteroatoms. The Morgan fingerprint density at radius 3 is 2.83 bits per heavy atom. The van der Waals surface area contributed by atoms with Gasteiger partial charge >= 0.3 is 5.97 Å². The number of nitrogens with one attached hydrogen (secondary N) is 1. The molecule has 0 atom stereocenters. The molecule has 1 N–H and O–H groups in total. The van der Waals surface area contributed by atoms with E-state index >= 15 is 0 Å². The number of fused-ring (bicyclic) bond motifs is 1. The molecular formula is C18H25N5O6S. The molecule has 0 spiro atoms. The maximum absolute atomic E-state index is 12.4. The minimum absolute atomic E-state index is 0.0154. The first-order valence-electron chi connectivity index (χ1n) is 9.79. The lowest BCUT2D eigenvalue weighted by atomic mass is 10.3. The van der Waals surface area contributed by atoms with Gasteiger partial charge in [0.25, 0.3) is 0 Å². The van der Waals surface area contributed by atoms with Gasteiger partial charge in [0.2, 0.25) is 10.0 Å². The van der Waals surface area contributed by atoms with E-state index < -0.39 is 16.0 Å². The molecule has 0 bridgehead atoms. The molecule has 1 aliphatic rings. The molecule has 1 aromatic carbocycles. The summed E-state index contributed by atoms with van der Waals surface area (Å²) in [6.07, 6.45) is 2.29. The van der Waals surface area contributed by atoms with Crippen molar-refractivity contribution in [2.24, 2.45) is 0 Å². The van der Waals surface area contributed by atoms with Crippen LogP contribution in [0, 0.1) is 0 Å². The number of nitrogens with zero attached hydrogens (tertiary/aromatic N) is 4. The summed E-state index contributed by atoms with van der Waals surface area (Å²) in [4.78, 5) is 12.0. The van der Waals surface area contributed by atoms with Crippen molar-refractivity contribution in [2.75, 3.05) is 19.8 Å². The summed E-state index contributed by atoms with van der Waals surface area (Å²) in [7, 11) is -3.72. The van der Waals surface area contributed by atoms with Gasteiger partial charge in [-0.3, -0.25) is 4.79 Å². The van der Waals surface area contributed by atoms with Crippen molar-refractivity contribution in [3.63, 3.8) is 0 Å². The molecule has 0 fully saturated rings. The van der Waals surface area contributed by atoms with E-state index in [0.717, 1.165) is 12.8 Å². The summed E-state index contributed by atoms with van der Waals surface area (Å²) in [5.74, 6) is 0.951. The van der Waals surface area contributed by atoms with E-state index in [4.69, 9.17) is 14.2 Å². The highest BCUT2D eigenvalue weighted by atomic mass is 32.2. The monoisotopic (exact) mass is 439 g/mol. The zero-order chi connectivity index (χ0) is 21.4. The molecule has 0 amide bonds. The molecule has 0 saturated heterocycles. The fourth-order valence-electron chi connectivity index (χ4n) is 2.74. The van der Waals surface area contributed by atoms with E-state index in [9.17, 15) is 13.2 Å². The normalized spacial score (nSPS) is 13.2. The molecule has 0 saturated carbocycles. The topological polar surface area (TPSA) is 135 Å². The number of aryl methyl sites for hydroxylation is 1. The Bertz CT molecular complexity index is 962. The van der Waals surface area contributed by atoms with Crippen molar-refractivity contribution in [3.05, 3.63) is 24.0 Å². The van der Waals surface area contributed by atoms with Gasteiger partial charge in [0, 0.05) is 25.6 Å². The number of carbonyl (C=O) groups excluding carboxylic acids is 1. The average molecular weight is 439 g/mol. The van der Waals surface area contributed by atoms with Crippen molar-refractivity contribution in [2.45, 2.75) is 50.7 Å². The summed E-state index contributed by atoms with van der Waals surface area (Å²) >= 11 is 0. The molecule has 30 heavy (non-hydrogen) atoms. The molecule has 1 aliphatic heterocycles. The first-order valence-corrected chi connectivity index (χ1v) is 11.3. The number of unbranched alkanes of at least 4 members (excludes halogenated alkanes) is 1. The molecule has 0 radical (unpaired) electrons. The molecule has 164 valence electrons. The standard InChI is InChI=1S/C18H25N5O6S/c1-2-3-9-23-17(20-21-22-23)13-29-18(24)5-4-8-19-30(25,26)14-6-7-15-16(12-14)28-11-10-27-15/h6-7,12,19H,2-5,8-11,13H2,1H3. The lowest BCUT2D eigenvalue weighted by Gasteiger charge is -2.18. The number of carbonyl (C=O) groups is 1. The highest BCUT2D eigenvalue weighted by Gasteiger charge is 2.19. The van der Waals surface area contributed by atoms with Crippen molar-refractivity contribution in [1.82, 2.24) is 24.9 Å². The van der Waals surface area contributed by atoms with Gasteiger partial charge < -0.3 is 14.2 Å². The minimum atomic E-state index is -3.72. The Hall–Kier alpha value is -2.73. The average Bonchev–Trinajstić information content (AvgIpc) is 3.20. The number of hydrogen-bond donors (Lipinski definition) is 1.